The summed E-state index contributed by atoms with van der Waals surface area (Å²) in [5.74, 6) is 0.238. The normalized spacial score (nSPS) is 24.2. The van der Waals surface area contributed by atoms with Gasteiger partial charge in [0.2, 0.25) is 5.91 Å². The molecule has 1 saturated heterocycles. The summed E-state index contributed by atoms with van der Waals surface area (Å²) in [6.45, 7) is 1.84. The van der Waals surface area contributed by atoms with E-state index >= 15 is 0 Å². The van der Waals surface area contributed by atoms with Crippen LogP contribution in [0.4, 0.5) is 0 Å². The van der Waals surface area contributed by atoms with Gasteiger partial charge in [0, 0.05) is 24.9 Å². The molecule has 1 aromatic carbocycles. The minimum absolute atomic E-state index is 0.135. The molecule has 1 amide bonds. The van der Waals surface area contributed by atoms with Crippen LogP contribution in [0.3, 0.4) is 0 Å². The highest BCUT2D eigenvalue weighted by Gasteiger charge is 2.34. The molecule has 1 aromatic heterocycles. The summed E-state index contributed by atoms with van der Waals surface area (Å²) in [6.07, 6.45) is 9.88. The highest BCUT2D eigenvalue weighted by molar-refractivity contribution is 5.89. The van der Waals surface area contributed by atoms with Crippen molar-refractivity contribution < 1.29 is 14.7 Å². The van der Waals surface area contributed by atoms with Crippen LogP contribution >= 0.6 is 0 Å². The van der Waals surface area contributed by atoms with Crippen molar-refractivity contribution in [1.29, 1.82) is 0 Å². The van der Waals surface area contributed by atoms with Gasteiger partial charge in [0.15, 0.2) is 0 Å². The Balaban J connectivity index is 1.39. The Morgan fingerprint density at radius 1 is 1.00 bits per heavy atom. The highest BCUT2D eigenvalue weighted by Crippen LogP contribution is 2.43. The number of carboxylic acid groups (broad SMARTS) is 1. The van der Waals surface area contributed by atoms with Crippen LogP contribution in [-0.2, 0) is 4.79 Å². The number of rotatable bonds is 5. The molecule has 2 saturated carbocycles. The third kappa shape index (κ3) is 3.64. The van der Waals surface area contributed by atoms with Crippen LogP contribution in [0.25, 0.3) is 5.69 Å². The second kappa shape index (κ2) is 7.89. The molecule has 3 aliphatic rings. The molecule has 3 fully saturated rings. The first-order chi connectivity index (χ1) is 14.6. The molecular weight excluding hydrogens is 378 g/mol. The van der Waals surface area contributed by atoms with Gasteiger partial charge in [-0.1, -0.05) is 18.6 Å². The number of carbonyl (C=O) groups excluding carboxylic acids is 1. The largest absolute Gasteiger partial charge is 0.478 e. The molecule has 6 heteroatoms. The molecule has 2 aliphatic carbocycles. The van der Waals surface area contributed by atoms with Crippen molar-refractivity contribution in [3.8, 4) is 5.69 Å². The SMILES string of the molecule is O=C(O)c1cnn(-c2cccc([C@@H]3CCC[C@H](C(=O)N4CCCC4)C3)c2)c1C1CC1. The van der Waals surface area contributed by atoms with Gasteiger partial charge >= 0.3 is 5.97 Å². The van der Waals surface area contributed by atoms with E-state index in [1.54, 1.807) is 0 Å². The molecule has 0 radical (unpaired) electrons. The van der Waals surface area contributed by atoms with E-state index in [4.69, 9.17) is 0 Å². The number of carboxylic acids is 1. The fourth-order valence-corrected chi connectivity index (χ4v) is 5.30. The molecule has 2 aromatic rings. The van der Waals surface area contributed by atoms with Gasteiger partial charge in [-0.3, -0.25) is 4.79 Å². The smallest absolute Gasteiger partial charge is 0.339 e. The summed E-state index contributed by atoms with van der Waals surface area (Å²) in [5, 5.41) is 14.0. The van der Waals surface area contributed by atoms with Gasteiger partial charge < -0.3 is 10.0 Å². The second-order valence-electron chi connectivity index (χ2n) is 9.12. The van der Waals surface area contributed by atoms with Gasteiger partial charge in [-0.2, -0.15) is 5.10 Å². The zero-order chi connectivity index (χ0) is 20.7. The number of aromatic nitrogens is 2. The average molecular weight is 408 g/mol. The van der Waals surface area contributed by atoms with Gasteiger partial charge in [0.05, 0.1) is 17.6 Å². The number of aromatic carboxylic acids is 1. The lowest BCUT2D eigenvalue weighted by Crippen LogP contribution is -2.35. The predicted molar refractivity (Wildman–Crippen MR) is 113 cm³/mol. The summed E-state index contributed by atoms with van der Waals surface area (Å²) in [4.78, 5) is 26.6. The predicted octanol–water partition coefficient (Wildman–Crippen LogP) is 4.34. The van der Waals surface area contributed by atoms with Crippen LogP contribution in [0.15, 0.2) is 30.5 Å². The van der Waals surface area contributed by atoms with Crippen LogP contribution in [0.5, 0.6) is 0 Å². The van der Waals surface area contributed by atoms with Crippen LogP contribution < -0.4 is 0 Å². The third-order valence-electron chi connectivity index (χ3n) is 7.03. The molecule has 1 aliphatic heterocycles. The molecule has 2 atom stereocenters. The number of nitrogens with zero attached hydrogens (tertiary/aromatic N) is 3. The Hall–Kier alpha value is -2.63. The number of carbonyl (C=O) groups is 2. The molecule has 6 nitrogen and oxygen atoms in total. The summed E-state index contributed by atoms with van der Waals surface area (Å²) in [5.41, 5.74) is 3.30. The molecular formula is C24H29N3O3. The Morgan fingerprint density at radius 2 is 1.80 bits per heavy atom. The lowest BCUT2D eigenvalue weighted by atomic mass is 9.77. The quantitative estimate of drug-likeness (QED) is 0.800. The summed E-state index contributed by atoms with van der Waals surface area (Å²) >= 11 is 0. The van der Waals surface area contributed by atoms with E-state index < -0.39 is 5.97 Å². The van der Waals surface area contributed by atoms with E-state index in [0.29, 0.717) is 23.3 Å². The van der Waals surface area contributed by atoms with Crippen LogP contribution in [0.2, 0.25) is 0 Å². The maximum atomic E-state index is 12.9. The first kappa shape index (κ1) is 19.3. The van der Waals surface area contributed by atoms with Crippen LogP contribution in [0.1, 0.15) is 84.8 Å². The Morgan fingerprint density at radius 3 is 2.53 bits per heavy atom. The number of amides is 1. The number of hydrogen-bond donors (Lipinski definition) is 1. The zero-order valence-electron chi connectivity index (χ0n) is 17.3. The molecule has 158 valence electrons. The topological polar surface area (TPSA) is 75.4 Å². The number of likely N-dealkylation sites (tertiary alicyclic amines) is 1. The number of benzene rings is 1. The molecule has 5 rings (SSSR count). The van der Waals surface area contributed by atoms with Crippen molar-refractivity contribution in [3.05, 3.63) is 47.3 Å². The Bertz CT molecular complexity index is 956. The monoisotopic (exact) mass is 407 g/mol. The Labute approximate surface area is 176 Å². The van der Waals surface area contributed by atoms with Gasteiger partial charge in [0.1, 0.15) is 5.56 Å². The van der Waals surface area contributed by atoms with E-state index in [1.165, 1.54) is 11.8 Å². The van der Waals surface area contributed by atoms with Crippen molar-refractivity contribution in [3.63, 3.8) is 0 Å². The van der Waals surface area contributed by atoms with Crippen LogP contribution in [-0.4, -0.2) is 44.8 Å². The van der Waals surface area contributed by atoms with Gasteiger partial charge in [-0.15, -0.1) is 0 Å². The minimum Gasteiger partial charge on any atom is -0.478 e. The summed E-state index contributed by atoms with van der Waals surface area (Å²) in [6, 6.07) is 8.34. The van der Waals surface area contributed by atoms with E-state index in [0.717, 1.165) is 75.8 Å². The molecule has 0 bridgehead atoms. The van der Waals surface area contributed by atoms with E-state index in [-0.39, 0.29) is 5.92 Å². The van der Waals surface area contributed by atoms with Gasteiger partial charge in [-0.05, 0) is 68.6 Å². The van der Waals surface area contributed by atoms with E-state index in [1.807, 2.05) is 16.8 Å². The zero-order valence-corrected chi connectivity index (χ0v) is 17.3. The lowest BCUT2D eigenvalue weighted by Gasteiger charge is -2.31. The average Bonchev–Trinajstić information content (AvgIpc) is 3.28. The highest BCUT2D eigenvalue weighted by atomic mass is 16.4. The maximum Gasteiger partial charge on any atom is 0.339 e. The first-order valence-electron chi connectivity index (χ1n) is 11.3. The third-order valence-corrected chi connectivity index (χ3v) is 7.03. The molecule has 2 heterocycles. The number of hydrogen-bond acceptors (Lipinski definition) is 3. The van der Waals surface area contributed by atoms with E-state index in [2.05, 4.69) is 22.1 Å². The van der Waals surface area contributed by atoms with Gasteiger partial charge in [0.25, 0.3) is 0 Å². The van der Waals surface area contributed by atoms with Crippen molar-refractivity contribution in [2.24, 2.45) is 5.92 Å². The van der Waals surface area contributed by atoms with Gasteiger partial charge in [-0.25, -0.2) is 9.48 Å². The summed E-state index contributed by atoms with van der Waals surface area (Å²) < 4.78 is 1.82. The van der Waals surface area contributed by atoms with E-state index in [9.17, 15) is 14.7 Å². The molecule has 30 heavy (non-hydrogen) atoms. The molecule has 0 spiro atoms. The fourth-order valence-electron chi connectivity index (χ4n) is 5.30. The molecule has 1 N–H and O–H groups in total. The van der Waals surface area contributed by atoms with Crippen molar-refractivity contribution in [2.75, 3.05) is 13.1 Å². The molecule has 0 unspecified atom stereocenters. The van der Waals surface area contributed by atoms with Crippen molar-refractivity contribution in [1.82, 2.24) is 14.7 Å². The van der Waals surface area contributed by atoms with Crippen molar-refractivity contribution in [2.45, 2.75) is 63.2 Å². The minimum atomic E-state index is -0.908. The maximum absolute atomic E-state index is 12.9. The fraction of sp³-hybridized carbons (Fsp3) is 0.542. The second-order valence-corrected chi connectivity index (χ2v) is 9.12. The van der Waals surface area contributed by atoms with Crippen molar-refractivity contribution >= 4 is 11.9 Å². The summed E-state index contributed by atoms with van der Waals surface area (Å²) in [7, 11) is 0. The first-order valence-corrected chi connectivity index (χ1v) is 11.3. The van der Waals surface area contributed by atoms with Crippen LogP contribution in [0, 0.1) is 5.92 Å². The standard InChI is InChI=1S/C24H29N3O3/c28-23(26-11-1-2-12-26)19-7-3-5-17(13-19)18-6-4-8-20(14-18)27-22(16-9-10-16)21(15-25-27)24(29)30/h4,6,8,14-17,19H,1-3,5,7,9-13H2,(H,29,30)/t17-,19+/m1/s1. The lowest BCUT2D eigenvalue weighted by molar-refractivity contribution is -0.135. The Kier molecular flexibility index (Phi) is 5.09.